The van der Waals surface area contributed by atoms with Crippen molar-refractivity contribution in [1.29, 1.82) is 0 Å². The molecule has 50 heavy (non-hydrogen) atoms. The standard InChI is InChI=1S/2C5H9O3.4C5H8O2.2O.4V/c2*1-5(2-6,3-7)4-8;4*1-4(6)3-5(2)7;;;;;;/h2*2-4H2,1H3;4*3,6H,1-2H3;;;;;;/q2*-3;;;;;2*-2;;;2*+4/p-4/b;;4*4-3-;;;;;;. The molecule has 0 bridgehead atoms. The quantitative estimate of drug-likeness (QED) is 0.146. The fourth-order valence-corrected chi connectivity index (χ4v) is 1.39. The van der Waals surface area contributed by atoms with E-state index < -0.39 is 50.5 Å². The van der Waals surface area contributed by atoms with E-state index in [4.69, 9.17) is 0 Å². The first-order chi connectivity index (χ1) is 19.9. The number of carbonyl (C=O) groups is 4. The van der Waals surface area contributed by atoms with Gasteiger partial charge in [0.15, 0.2) is 23.1 Å². The van der Waals surface area contributed by atoms with Gasteiger partial charge in [-0.25, -0.2) is 0 Å². The van der Waals surface area contributed by atoms with Crippen molar-refractivity contribution in [2.45, 2.75) is 69.2 Å². The summed E-state index contributed by atoms with van der Waals surface area (Å²) in [5, 5.41) is 100.0. The first kappa shape index (κ1) is 82.4. The Kier molecular flexibility index (Phi) is 86.0. The first-order valence-electron chi connectivity index (χ1n) is 12.8. The average Bonchev–Trinajstić information content (AvgIpc) is 2.86. The molecule has 0 aromatic heterocycles. The summed E-state index contributed by atoms with van der Waals surface area (Å²) in [5.41, 5.74) is -2.08. The van der Waals surface area contributed by atoms with E-state index in [1.807, 2.05) is 0 Å². The smallest absolute Gasteiger partial charge is 2.00 e. The van der Waals surface area contributed by atoms with Gasteiger partial charge in [-0.1, -0.05) is 52.4 Å². The Bertz CT molecular complexity index is 767. The van der Waals surface area contributed by atoms with Gasteiger partial charge >= 0.3 is 37.1 Å². The Labute approximate surface area is 343 Å². The Balaban J connectivity index is -0.0000000339. The zero-order chi connectivity index (χ0) is 36.7. The second-order valence-electron chi connectivity index (χ2n) is 9.95. The topological polar surface area (TPSA) is 356 Å². The summed E-state index contributed by atoms with van der Waals surface area (Å²) in [6.45, 7) is 10.3. The molecule has 0 amide bonds. The molecule has 0 rings (SSSR count). The van der Waals surface area contributed by atoms with E-state index in [2.05, 4.69) is 0 Å². The van der Waals surface area contributed by atoms with E-state index in [0.717, 1.165) is 24.3 Å². The van der Waals surface area contributed by atoms with Gasteiger partial charge in [0, 0.05) is 37.1 Å². The predicted molar refractivity (Wildman–Crippen MR) is 145 cm³/mol. The summed E-state index contributed by atoms with van der Waals surface area (Å²) in [6.07, 6.45) is 4.22. The van der Waals surface area contributed by atoms with Crippen molar-refractivity contribution in [3.05, 3.63) is 47.3 Å². The molecule has 288 valence electrons. The van der Waals surface area contributed by atoms with Crippen LogP contribution < -0.4 is 51.1 Å². The molecule has 20 heteroatoms. The van der Waals surface area contributed by atoms with Crippen molar-refractivity contribution in [3.63, 3.8) is 0 Å². The van der Waals surface area contributed by atoms with Crippen LogP contribution in [0, 0.1) is 10.8 Å². The molecule has 0 fully saturated rings. The minimum atomic E-state index is -1.04. The number of hydrogen-bond acceptors (Lipinski definition) is 14. The van der Waals surface area contributed by atoms with Crippen molar-refractivity contribution >= 4 is 23.1 Å². The molecule has 4 radical (unpaired) electrons. The summed E-state index contributed by atoms with van der Waals surface area (Å²) in [4.78, 5) is 39.9. The molecule has 0 aliphatic heterocycles. The number of rotatable bonds is 10. The molecule has 0 unspecified atom stereocenters. The monoisotopic (exact) mass is 866 g/mol. The summed E-state index contributed by atoms with van der Waals surface area (Å²) in [6, 6.07) is 0. The fraction of sp³-hybridized carbons (Fsp3) is 0.600. The maximum Gasteiger partial charge on any atom is 4.00 e. The molecule has 0 aromatic carbocycles. The third kappa shape index (κ3) is 91.3. The Morgan fingerprint density at radius 2 is 0.500 bits per heavy atom. The van der Waals surface area contributed by atoms with E-state index in [1.165, 1.54) is 69.2 Å². The third-order valence-electron chi connectivity index (χ3n) is 3.72. The molecule has 0 saturated heterocycles. The third-order valence-corrected chi connectivity index (χ3v) is 3.72. The van der Waals surface area contributed by atoms with Crippen molar-refractivity contribution < 1.29 is 155 Å². The van der Waals surface area contributed by atoms with E-state index in [-0.39, 0.29) is 131 Å². The summed E-state index contributed by atoms with van der Waals surface area (Å²) >= 11 is 0. The van der Waals surface area contributed by atoms with E-state index in [0.29, 0.717) is 0 Å². The normalized spacial score (nSPS) is 10.2. The van der Waals surface area contributed by atoms with Crippen molar-refractivity contribution in [2.75, 3.05) is 39.6 Å². The van der Waals surface area contributed by atoms with Crippen LogP contribution in [-0.2, 0) is 104 Å². The molecule has 0 spiro atoms. The summed E-state index contributed by atoms with van der Waals surface area (Å²) < 4.78 is 0. The zero-order valence-corrected chi connectivity index (χ0v) is 35.5. The number of hydrogen-bond donors (Lipinski definition) is 0. The Hall–Kier alpha value is -1.14. The van der Waals surface area contributed by atoms with Crippen LogP contribution in [0.25, 0.3) is 0 Å². The molecule has 0 N–H and O–H groups in total. The van der Waals surface area contributed by atoms with Crippen LogP contribution in [0.3, 0.4) is 0 Å². The van der Waals surface area contributed by atoms with Gasteiger partial charge in [-0.3, -0.25) is 19.2 Å². The predicted octanol–water partition coefficient (Wildman–Crippen LogP) is -6.74. The van der Waals surface area contributed by atoms with Crippen molar-refractivity contribution in [2.24, 2.45) is 10.8 Å². The second-order valence-corrected chi connectivity index (χ2v) is 9.95. The van der Waals surface area contributed by atoms with Gasteiger partial charge < -0.3 is 62.0 Å². The zero-order valence-electron chi connectivity index (χ0n) is 29.9. The van der Waals surface area contributed by atoms with Gasteiger partial charge in [0.1, 0.15) is 0 Å². The molecule has 0 aliphatic rings. The maximum atomic E-state index is 10.0. The van der Waals surface area contributed by atoms with Gasteiger partial charge in [-0.05, 0) is 52.0 Å². The molecule has 0 heterocycles. The van der Waals surface area contributed by atoms with Crippen LogP contribution in [0.4, 0.5) is 0 Å². The number of carbonyl (C=O) groups excluding carboxylic acids is 4. The molecular formula is C30H46O16V4-6. The molecule has 0 aliphatic carbocycles. The van der Waals surface area contributed by atoms with Crippen LogP contribution in [0.5, 0.6) is 0 Å². The fourth-order valence-electron chi connectivity index (χ4n) is 1.39. The van der Waals surface area contributed by atoms with Crippen LogP contribution in [0.15, 0.2) is 47.3 Å². The van der Waals surface area contributed by atoms with Crippen LogP contribution in [0.2, 0.25) is 0 Å². The van der Waals surface area contributed by atoms with E-state index in [9.17, 15) is 70.2 Å². The van der Waals surface area contributed by atoms with Gasteiger partial charge in [0.05, 0.1) is 0 Å². The van der Waals surface area contributed by atoms with Gasteiger partial charge in [-0.15, -0.1) is 62.7 Å². The summed E-state index contributed by atoms with van der Waals surface area (Å²) in [7, 11) is 0. The molecule has 0 atom stereocenters. The van der Waals surface area contributed by atoms with Crippen molar-refractivity contribution in [1.82, 2.24) is 0 Å². The second kappa shape index (κ2) is 52.2. The van der Waals surface area contributed by atoms with Crippen LogP contribution >= 0.6 is 0 Å². The minimum Gasteiger partial charge on any atom is -2.00 e. The Morgan fingerprint density at radius 3 is 0.500 bits per heavy atom. The summed E-state index contributed by atoms with van der Waals surface area (Å²) in [5.74, 6) is -1.50. The van der Waals surface area contributed by atoms with Crippen molar-refractivity contribution in [3.8, 4) is 0 Å². The average molecular weight is 866 g/mol. The van der Waals surface area contributed by atoms with E-state index in [1.54, 1.807) is 0 Å². The molecule has 0 aromatic rings. The largest absolute Gasteiger partial charge is 4.00 e. The molecular weight excluding hydrogens is 820 g/mol. The Morgan fingerprint density at radius 1 is 0.400 bits per heavy atom. The van der Waals surface area contributed by atoms with Gasteiger partial charge in [0.25, 0.3) is 0 Å². The van der Waals surface area contributed by atoms with Gasteiger partial charge in [0.2, 0.25) is 0 Å². The maximum absolute atomic E-state index is 10.0. The molecule has 0 saturated carbocycles. The number of allylic oxidation sites excluding steroid dienone is 8. The van der Waals surface area contributed by atoms with Crippen LogP contribution in [-0.4, -0.2) is 62.8 Å². The SMILES string of the molecule is CC(=O)/C=C(/C)[O-].CC(=O)/C=C(/C)[O-].CC(=O)/C=C(/C)[O-].CC(=O)/C=C(/C)[O-].CC(C[O-])(C[O-])C[O-].CC(C[O-])(C[O-])C[O-].[O-2].[O-2].[V+4].[V+4].[V].[V]. The van der Waals surface area contributed by atoms with Gasteiger partial charge in [-0.2, -0.15) is 0 Å². The minimum absolute atomic E-state index is 0. The van der Waals surface area contributed by atoms with E-state index >= 15 is 0 Å². The van der Waals surface area contributed by atoms with Crippen LogP contribution in [0.1, 0.15) is 69.2 Å². The number of ketones is 4. The first-order valence-corrected chi connectivity index (χ1v) is 12.8. The molecule has 16 nitrogen and oxygen atoms in total.